The number of fused-ring (bicyclic) bond motifs is 5. The molecular weight excluding hydrogens is 546 g/mol. The van der Waals surface area contributed by atoms with Gasteiger partial charge in [0.15, 0.2) is 11.5 Å². The van der Waals surface area contributed by atoms with Crippen LogP contribution in [-0.4, -0.2) is 57.8 Å². The van der Waals surface area contributed by atoms with Crippen molar-refractivity contribution >= 4 is 17.9 Å². The zero-order chi connectivity index (χ0) is 30.6. The molecule has 7 aliphatic rings. The molecule has 0 saturated heterocycles. The number of carbonyl (C=O) groups excluding carboxylic acids is 2. The number of carboxylic acids is 1. The maximum atomic E-state index is 17.5. The van der Waals surface area contributed by atoms with Crippen molar-refractivity contribution < 1.29 is 42.9 Å². The SMILES string of the molecule is C[C@@H]1[C@@H](OC(=O)O[C@]2(C(=O)O)[C@H](C)C[C@H]3[C@@H]4C[C@H](F)C5=CC(=O)C=C[C@]5(C)[C@@]4(F)[C@@H](O)C[C@@]32C)C[C@@H]2C(C)(C)C23C[C@@H]13. The fraction of sp³-hybridized carbons (Fsp3) is 0.788. The lowest BCUT2D eigenvalue weighted by molar-refractivity contribution is -0.232. The Morgan fingerprint density at radius 3 is 2.38 bits per heavy atom. The summed E-state index contributed by atoms with van der Waals surface area (Å²) in [5.41, 5.74) is -6.86. The first-order chi connectivity index (χ1) is 19.4. The molecule has 7 nitrogen and oxygen atoms in total. The summed E-state index contributed by atoms with van der Waals surface area (Å²) in [6.07, 6.45) is 0.310. The average molecular weight is 589 g/mol. The van der Waals surface area contributed by atoms with E-state index in [9.17, 15) is 24.6 Å². The molecule has 7 aliphatic carbocycles. The Morgan fingerprint density at radius 2 is 1.71 bits per heavy atom. The molecule has 0 heterocycles. The maximum Gasteiger partial charge on any atom is 0.509 e. The minimum absolute atomic E-state index is 0.00639. The van der Waals surface area contributed by atoms with Gasteiger partial charge in [-0.05, 0) is 91.3 Å². The number of ether oxygens (including phenoxy) is 2. The highest BCUT2D eigenvalue weighted by Crippen LogP contribution is 2.89. The quantitative estimate of drug-likeness (QED) is 0.413. The van der Waals surface area contributed by atoms with E-state index in [1.807, 2.05) is 0 Å². The smallest absolute Gasteiger partial charge is 0.478 e. The summed E-state index contributed by atoms with van der Waals surface area (Å²) in [5.74, 6) is -3.27. The molecule has 14 atom stereocenters. The van der Waals surface area contributed by atoms with E-state index in [0.717, 1.165) is 12.5 Å². The number of aliphatic carboxylic acids is 1. The fourth-order valence-electron chi connectivity index (χ4n) is 12.0. The van der Waals surface area contributed by atoms with Crippen LogP contribution in [0.25, 0.3) is 0 Å². The van der Waals surface area contributed by atoms with Gasteiger partial charge in [-0.3, -0.25) is 4.79 Å². The normalized spacial score (nSPS) is 56.1. The molecule has 1 spiro atoms. The van der Waals surface area contributed by atoms with Gasteiger partial charge in [0, 0.05) is 22.7 Å². The van der Waals surface area contributed by atoms with Gasteiger partial charge < -0.3 is 19.7 Å². The van der Waals surface area contributed by atoms with Gasteiger partial charge in [0.1, 0.15) is 12.3 Å². The van der Waals surface area contributed by atoms with Crippen molar-refractivity contribution in [3.63, 3.8) is 0 Å². The standard InChI is InChI=1S/C33H42F2O7/c1-15-9-18-19-11-22(34)20-10-17(36)7-8-29(20,5)32(19,35)25(37)14-30(18,6)33(15,26(38)39)42-27(40)41-23-12-24-28(3,4)31(24)13-21(31)16(23)2/h7-8,10,15-16,18-19,21-25,37H,9,11-14H2,1-6H3,(H,38,39)/t15-,16+,18+,19+,21+,22+,23+,24-,25+,29+,30+,31?,32+,33+/m1/s1. The van der Waals surface area contributed by atoms with Crippen LogP contribution < -0.4 is 0 Å². The molecule has 1 unspecified atom stereocenters. The van der Waals surface area contributed by atoms with E-state index in [2.05, 4.69) is 20.8 Å². The third-order valence-electron chi connectivity index (χ3n) is 14.3. The highest BCUT2D eigenvalue weighted by atomic mass is 19.1. The number of carboxylic acid groups (broad SMARTS) is 1. The van der Waals surface area contributed by atoms with Crippen LogP contribution in [0.3, 0.4) is 0 Å². The number of allylic oxidation sites excluding steroid dienone is 4. The first kappa shape index (κ1) is 28.5. The fourth-order valence-corrected chi connectivity index (χ4v) is 12.0. The summed E-state index contributed by atoms with van der Waals surface area (Å²) < 4.78 is 45.0. The molecule has 0 aliphatic heterocycles. The van der Waals surface area contributed by atoms with E-state index in [0.29, 0.717) is 23.7 Å². The van der Waals surface area contributed by atoms with E-state index >= 15 is 8.78 Å². The Morgan fingerprint density at radius 1 is 1.02 bits per heavy atom. The van der Waals surface area contributed by atoms with Gasteiger partial charge in [-0.1, -0.05) is 40.7 Å². The van der Waals surface area contributed by atoms with Crippen molar-refractivity contribution in [1.29, 1.82) is 0 Å². The average Bonchev–Trinajstić information content (AvgIpc) is 3.74. The zero-order valence-electron chi connectivity index (χ0n) is 25.2. The Bertz CT molecular complexity index is 1360. The van der Waals surface area contributed by atoms with Gasteiger partial charge >= 0.3 is 12.1 Å². The molecule has 0 aromatic carbocycles. The summed E-state index contributed by atoms with van der Waals surface area (Å²) in [6, 6.07) is 0. The van der Waals surface area contributed by atoms with Crippen LogP contribution in [0.15, 0.2) is 23.8 Å². The van der Waals surface area contributed by atoms with Gasteiger partial charge in [-0.2, -0.15) is 0 Å². The van der Waals surface area contributed by atoms with Crippen molar-refractivity contribution in [2.75, 3.05) is 0 Å². The van der Waals surface area contributed by atoms with E-state index < -0.39 is 70.0 Å². The van der Waals surface area contributed by atoms with Crippen molar-refractivity contribution in [3.8, 4) is 0 Å². The number of hydrogen-bond acceptors (Lipinski definition) is 6. The zero-order valence-corrected chi connectivity index (χ0v) is 25.2. The van der Waals surface area contributed by atoms with E-state index in [-0.39, 0.29) is 42.3 Å². The Labute approximate surface area is 245 Å². The Hall–Kier alpha value is -2.29. The van der Waals surface area contributed by atoms with Gasteiger partial charge in [0.25, 0.3) is 0 Å². The minimum atomic E-state index is -2.34. The Kier molecular flexibility index (Phi) is 5.46. The molecule has 6 saturated carbocycles. The Balaban J connectivity index is 1.20. The first-order valence-corrected chi connectivity index (χ1v) is 15.5. The van der Waals surface area contributed by atoms with Gasteiger partial charge in [-0.25, -0.2) is 18.4 Å². The van der Waals surface area contributed by atoms with Crippen LogP contribution in [0, 0.1) is 57.2 Å². The number of ketones is 1. The molecule has 42 heavy (non-hydrogen) atoms. The molecule has 230 valence electrons. The maximum absolute atomic E-state index is 17.5. The lowest BCUT2D eigenvalue weighted by Crippen LogP contribution is -2.71. The third kappa shape index (κ3) is 2.93. The lowest BCUT2D eigenvalue weighted by Gasteiger charge is -2.62. The van der Waals surface area contributed by atoms with Gasteiger partial charge in [0.2, 0.25) is 5.60 Å². The molecule has 0 radical (unpaired) electrons. The molecular formula is C33H42F2O7. The first-order valence-electron chi connectivity index (χ1n) is 15.5. The molecule has 2 N–H and O–H groups in total. The minimum Gasteiger partial charge on any atom is -0.478 e. The highest BCUT2D eigenvalue weighted by Gasteiger charge is 2.85. The van der Waals surface area contributed by atoms with Crippen LogP contribution in [0.2, 0.25) is 0 Å². The van der Waals surface area contributed by atoms with Crippen molar-refractivity contribution in [1.82, 2.24) is 0 Å². The molecule has 9 heteroatoms. The molecule has 0 aromatic heterocycles. The summed E-state index contributed by atoms with van der Waals surface area (Å²) in [6.45, 7) is 11.4. The number of carbonyl (C=O) groups is 3. The van der Waals surface area contributed by atoms with Gasteiger partial charge in [0.05, 0.1) is 6.10 Å². The number of hydrogen-bond donors (Lipinski definition) is 2. The van der Waals surface area contributed by atoms with Crippen LogP contribution in [-0.2, 0) is 19.1 Å². The summed E-state index contributed by atoms with van der Waals surface area (Å²) in [7, 11) is 0. The molecule has 0 bridgehead atoms. The predicted molar refractivity (Wildman–Crippen MR) is 146 cm³/mol. The second-order valence-corrected chi connectivity index (χ2v) is 15.8. The lowest BCUT2D eigenvalue weighted by atomic mass is 9.44. The summed E-state index contributed by atoms with van der Waals surface area (Å²) in [4.78, 5) is 38.8. The predicted octanol–water partition coefficient (Wildman–Crippen LogP) is 5.60. The molecule has 7 rings (SSSR count). The number of rotatable bonds is 3. The van der Waals surface area contributed by atoms with Crippen LogP contribution in [0.1, 0.15) is 73.6 Å². The van der Waals surface area contributed by atoms with Crippen molar-refractivity contribution in [2.24, 2.45) is 57.2 Å². The largest absolute Gasteiger partial charge is 0.509 e. The number of aliphatic hydroxyl groups is 1. The third-order valence-corrected chi connectivity index (χ3v) is 14.3. The van der Waals surface area contributed by atoms with E-state index in [4.69, 9.17) is 9.47 Å². The topological polar surface area (TPSA) is 110 Å². The van der Waals surface area contributed by atoms with E-state index in [1.54, 1.807) is 13.8 Å². The number of aliphatic hydroxyl groups excluding tert-OH is 1. The molecule has 0 aromatic rings. The van der Waals surface area contributed by atoms with Crippen molar-refractivity contribution in [3.05, 3.63) is 23.8 Å². The summed E-state index contributed by atoms with van der Waals surface area (Å²) in [5, 5.41) is 22.3. The number of halogens is 2. The monoisotopic (exact) mass is 588 g/mol. The van der Waals surface area contributed by atoms with Crippen LogP contribution in [0.5, 0.6) is 0 Å². The molecule has 6 fully saturated rings. The van der Waals surface area contributed by atoms with E-state index in [1.165, 1.54) is 19.1 Å². The molecule has 0 amide bonds. The number of alkyl halides is 2. The van der Waals surface area contributed by atoms with Gasteiger partial charge in [-0.15, -0.1) is 0 Å². The van der Waals surface area contributed by atoms with Crippen LogP contribution >= 0.6 is 0 Å². The second kappa shape index (κ2) is 8.05. The highest BCUT2D eigenvalue weighted by molar-refractivity contribution is 6.01. The van der Waals surface area contributed by atoms with Crippen LogP contribution in [0.4, 0.5) is 13.6 Å². The van der Waals surface area contributed by atoms with Crippen molar-refractivity contribution in [2.45, 2.75) is 103 Å². The summed E-state index contributed by atoms with van der Waals surface area (Å²) >= 11 is 0. The second-order valence-electron chi connectivity index (χ2n) is 15.8.